The van der Waals surface area contributed by atoms with Gasteiger partial charge in [0, 0.05) is 31.2 Å². The van der Waals surface area contributed by atoms with Gasteiger partial charge < -0.3 is 33.9 Å². The molecule has 39 heavy (non-hydrogen) atoms. The number of alkyl halides is 1. The minimum absolute atomic E-state index is 0.0129. The Bertz CT molecular complexity index is 898. The quantitative estimate of drug-likeness (QED) is 0.284. The molecule has 4 aliphatic rings. The van der Waals surface area contributed by atoms with E-state index in [1.54, 1.807) is 7.11 Å². The lowest BCUT2D eigenvalue weighted by Crippen LogP contribution is -2.65. The van der Waals surface area contributed by atoms with Gasteiger partial charge in [0.1, 0.15) is 6.10 Å². The Kier molecular flexibility index (Phi) is 9.16. The fraction of sp³-hybridized carbons (Fsp3) is 0.935. The largest absolute Gasteiger partial charge is 0.393 e. The van der Waals surface area contributed by atoms with Crippen molar-refractivity contribution in [2.24, 2.45) is 0 Å². The first-order valence-electron chi connectivity index (χ1n) is 14.9. The molecule has 4 heterocycles. The van der Waals surface area contributed by atoms with Crippen LogP contribution >= 0.6 is 15.9 Å². The topological polar surface area (TPSA) is 86.6 Å². The van der Waals surface area contributed by atoms with Crippen molar-refractivity contribution >= 4 is 15.9 Å². The third-order valence-electron chi connectivity index (χ3n) is 10.0. The van der Waals surface area contributed by atoms with Crippen LogP contribution in [0.15, 0.2) is 12.2 Å². The summed E-state index contributed by atoms with van der Waals surface area (Å²) in [5.74, 6) is 0. The molecule has 4 saturated heterocycles. The Morgan fingerprint density at radius 1 is 0.923 bits per heavy atom. The second-order valence-electron chi connectivity index (χ2n) is 14.4. The van der Waals surface area contributed by atoms with E-state index < -0.39 is 35.1 Å². The molecule has 4 aliphatic heterocycles. The summed E-state index contributed by atoms with van der Waals surface area (Å²) in [6, 6.07) is 0. The van der Waals surface area contributed by atoms with E-state index in [1.165, 1.54) is 0 Å². The molecule has 0 saturated carbocycles. The molecule has 0 aromatic carbocycles. The van der Waals surface area contributed by atoms with Crippen LogP contribution in [-0.2, 0) is 23.7 Å². The minimum Gasteiger partial charge on any atom is -0.393 e. The number of aliphatic hydroxyl groups is 2. The summed E-state index contributed by atoms with van der Waals surface area (Å²) in [6.45, 7) is 18.5. The van der Waals surface area contributed by atoms with Crippen LogP contribution in [0.3, 0.4) is 0 Å². The maximum Gasteiger partial charge on any atom is 0.104 e. The summed E-state index contributed by atoms with van der Waals surface area (Å²) in [5.41, 5.74) is -1.63. The van der Waals surface area contributed by atoms with Crippen LogP contribution in [0.2, 0.25) is 0 Å². The molecule has 0 aromatic rings. The van der Waals surface area contributed by atoms with Crippen molar-refractivity contribution in [2.75, 3.05) is 7.11 Å². The van der Waals surface area contributed by atoms with Gasteiger partial charge in [-0.3, -0.25) is 0 Å². The molecule has 226 valence electrons. The molecule has 0 radical (unpaired) electrons. The van der Waals surface area contributed by atoms with Crippen molar-refractivity contribution < 1.29 is 33.9 Å². The Morgan fingerprint density at radius 3 is 2.15 bits per heavy atom. The molecule has 0 spiro atoms. The number of hydrogen-bond acceptors (Lipinski definition) is 7. The van der Waals surface area contributed by atoms with Crippen LogP contribution in [-0.4, -0.2) is 86.8 Å². The first kappa shape index (κ1) is 31.9. The molecular weight excluding hydrogens is 564 g/mol. The van der Waals surface area contributed by atoms with Crippen LogP contribution < -0.4 is 0 Å². The summed E-state index contributed by atoms with van der Waals surface area (Å²) >= 11 is 3.80. The van der Waals surface area contributed by atoms with Gasteiger partial charge in [0.05, 0.1) is 58.5 Å². The lowest BCUT2D eigenvalue weighted by atomic mass is 9.73. The van der Waals surface area contributed by atoms with Gasteiger partial charge in [0.2, 0.25) is 0 Å². The number of fused-ring (bicyclic) bond motifs is 1. The van der Waals surface area contributed by atoms with Crippen LogP contribution in [0.1, 0.15) is 106 Å². The van der Waals surface area contributed by atoms with Crippen LogP contribution in [0, 0.1) is 0 Å². The predicted octanol–water partition coefficient (Wildman–Crippen LogP) is 5.61. The van der Waals surface area contributed by atoms with E-state index in [0.29, 0.717) is 24.1 Å². The van der Waals surface area contributed by atoms with Crippen molar-refractivity contribution in [1.29, 1.82) is 0 Å². The zero-order chi connectivity index (χ0) is 29.0. The third kappa shape index (κ3) is 6.48. The van der Waals surface area contributed by atoms with Gasteiger partial charge >= 0.3 is 0 Å². The first-order valence-corrected chi connectivity index (χ1v) is 15.8. The molecular formula is C31H53BrO7. The van der Waals surface area contributed by atoms with Gasteiger partial charge in [-0.2, -0.15) is 0 Å². The van der Waals surface area contributed by atoms with E-state index in [9.17, 15) is 10.2 Å². The molecule has 11 unspecified atom stereocenters. The summed E-state index contributed by atoms with van der Waals surface area (Å²) in [4.78, 5) is 0.338. The summed E-state index contributed by atoms with van der Waals surface area (Å²) in [6.07, 6.45) is 4.77. The Balaban J connectivity index is 1.44. The molecule has 4 rings (SSSR count). The molecule has 0 aromatic heterocycles. The Morgan fingerprint density at radius 2 is 1.54 bits per heavy atom. The van der Waals surface area contributed by atoms with Gasteiger partial charge in [0.15, 0.2) is 0 Å². The molecule has 2 N–H and O–H groups in total. The van der Waals surface area contributed by atoms with Gasteiger partial charge in [-0.05, 0) is 92.6 Å². The molecule has 8 heteroatoms. The lowest BCUT2D eigenvalue weighted by Gasteiger charge is -2.58. The number of halogens is 1. The summed E-state index contributed by atoms with van der Waals surface area (Å²) < 4.78 is 32.7. The van der Waals surface area contributed by atoms with Crippen molar-refractivity contribution in [3.05, 3.63) is 12.2 Å². The smallest absolute Gasteiger partial charge is 0.104 e. The van der Waals surface area contributed by atoms with Gasteiger partial charge in [-0.25, -0.2) is 0 Å². The highest BCUT2D eigenvalue weighted by molar-refractivity contribution is 9.09. The van der Waals surface area contributed by atoms with Gasteiger partial charge in [-0.15, -0.1) is 0 Å². The summed E-state index contributed by atoms with van der Waals surface area (Å²) in [7, 11) is 1.58. The van der Waals surface area contributed by atoms with Crippen molar-refractivity contribution in [3.63, 3.8) is 0 Å². The second kappa shape index (κ2) is 11.2. The van der Waals surface area contributed by atoms with Crippen molar-refractivity contribution in [3.8, 4) is 0 Å². The average Bonchev–Trinajstić information content (AvgIpc) is 2.79. The number of ether oxygens (including phenoxy) is 5. The number of hydrogen-bond donors (Lipinski definition) is 2. The fourth-order valence-electron chi connectivity index (χ4n) is 8.01. The van der Waals surface area contributed by atoms with Crippen LogP contribution in [0.4, 0.5) is 0 Å². The van der Waals surface area contributed by atoms with E-state index in [1.807, 2.05) is 13.8 Å². The first-order chi connectivity index (χ1) is 17.9. The fourth-order valence-corrected chi connectivity index (χ4v) is 8.33. The van der Waals surface area contributed by atoms with Crippen molar-refractivity contribution in [1.82, 2.24) is 0 Å². The standard InChI is InChI=1S/C31H53BrO7/c1-19(2)26(35-9)21(34)18-28(5)16-20(33)17-31(8,39-28)25-11-10-23-29(6,37-25)15-13-24(36-23)30(7)14-12-22(32)27(3,4)38-30/h20-26,33-34H,1,10-18H2,2-9H3. The highest BCUT2D eigenvalue weighted by Gasteiger charge is 2.57. The van der Waals surface area contributed by atoms with E-state index in [-0.39, 0.29) is 29.5 Å². The zero-order valence-electron chi connectivity index (χ0n) is 25.4. The normalized spacial score (nSPS) is 48.1. The molecule has 7 nitrogen and oxygen atoms in total. The number of methoxy groups -OCH3 is 1. The second-order valence-corrected chi connectivity index (χ2v) is 15.5. The van der Waals surface area contributed by atoms with Crippen LogP contribution in [0.25, 0.3) is 0 Å². The minimum atomic E-state index is -0.780. The maximum absolute atomic E-state index is 11.0. The zero-order valence-corrected chi connectivity index (χ0v) is 27.0. The third-order valence-corrected chi connectivity index (χ3v) is 11.6. The van der Waals surface area contributed by atoms with E-state index in [2.05, 4.69) is 57.1 Å². The highest BCUT2D eigenvalue weighted by Crippen LogP contribution is 2.51. The van der Waals surface area contributed by atoms with Gasteiger partial charge in [-0.1, -0.05) is 22.5 Å². The van der Waals surface area contributed by atoms with Crippen LogP contribution in [0.5, 0.6) is 0 Å². The van der Waals surface area contributed by atoms with E-state index >= 15 is 0 Å². The molecule has 11 atom stereocenters. The number of rotatable bonds is 7. The SMILES string of the molecule is C=C(C)C(OC)C(O)CC1(C)CC(O)CC(C)(C2CCC3OC(C4(C)CCC(Br)C(C)(C)O4)CCC3(C)O2)O1. The lowest BCUT2D eigenvalue weighted by molar-refractivity contribution is -0.322. The molecule has 0 amide bonds. The highest BCUT2D eigenvalue weighted by atomic mass is 79.9. The predicted molar refractivity (Wildman–Crippen MR) is 155 cm³/mol. The average molecular weight is 618 g/mol. The Hall–Kier alpha value is -0.0600. The van der Waals surface area contributed by atoms with Gasteiger partial charge in [0.25, 0.3) is 0 Å². The van der Waals surface area contributed by atoms with E-state index in [0.717, 1.165) is 44.1 Å². The molecule has 4 fully saturated rings. The number of aliphatic hydroxyl groups excluding tert-OH is 2. The Labute approximate surface area is 244 Å². The summed E-state index contributed by atoms with van der Waals surface area (Å²) in [5, 5.41) is 21.9. The maximum atomic E-state index is 11.0. The van der Waals surface area contributed by atoms with Crippen molar-refractivity contribution in [2.45, 2.75) is 176 Å². The monoisotopic (exact) mass is 616 g/mol. The molecule has 0 bridgehead atoms. The van der Waals surface area contributed by atoms with E-state index in [4.69, 9.17) is 23.7 Å². The molecule has 0 aliphatic carbocycles.